The summed E-state index contributed by atoms with van der Waals surface area (Å²) in [5, 5.41) is 10.5. The van der Waals surface area contributed by atoms with Crippen LogP contribution in [0.2, 0.25) is 0 Å². The summed E-state index contributed by atoms with van der Waals surface area (Å²) in [6.45, 7) is 14.0. The lowest BCUT2D eigenvalue weighted by Crippen LogP contribution is -2.30. The summed E-state index contributed by atoms with van der Waals surface area (Å²) in [4.78, 5) is 72.3. The van der Waals surface area contributed by atoms with E-state index >= 15 is 0 Å². The van der Waals surface area contributed by atoms with Crippen molar-refractivity contribution >= 4 is 39.5 Å². The van der Waals surface area contributed by atoms with Gasteiger partial charge >= 0.3 is 39.5 Å². The summed E-state index contributed by atoms with van der Waals surface area (Å²) < 4.78 is 68.1. The van der Waals surface area contributed by atoms with Gasteiger partial charge in [0.05, 0.1) is 26.4 Å². The highest BCUT2D eigenvalue weighted by atomic mass is 31.2. The summed E-state index contributed by atoms with van der Waals surface area (Å²) in [5.74, 6) is 0.792. The Balaban J connectivity index is 5.26. The molecule has 4 unspecified atom stereocenters. The van der Waals surface area contributed by atoms with Crippen molar-refractivity contribution in [2.75, 3.05) is 39.6 Å². The number of carbonyl (C=O) groups excluding carboxylic acids is 4. The molecule has 0 saturated carbocycles. The smallest absolute Gasteiger partial charge is 0.462 e. The van der Waals surface area contributed by atoms with Crippen molar-refractivity contribution in [3.8, 4) is 0 Å². The lowest BCUT2D eigenvalue weighted by molar-refractivity contribution is -0.161. The van der Waals surface area contributed by atoms with E-state index in [2.05, 4.69) is 55.4 Å². The van der Waals surface area contributed by atoms with Crippen LogP contribution in [0.15, 0.2) is 0 Å². The number of phosphoric ester groups is 2. The molecule has 6 atom stereocenters. The molecule has 19 heteroatoms. The van der Waals surface area contributed by atoms with Gasteiger partial charge in [-0.2, -0.15) is 0 Å². The molecule has 0 bridgehead atoms. The van der Waals surface area contributed by atoms with Crippen LogP contribution in [0.1, 0.15) is 319 Å². The molecule has 0 heterocycles. The Morgan fingerprint density at radius 2 is 0.565 bits per heavy atom. The molecular formula is C66H128O17P2. The van der Waals surface area contributed by atoms with Crippen LogP contribution in [0.4, 0.5) is 0 Å². The number of aliphatic hydroxyl groups is 1. The third kappa shape index (κ3) is 59.5. The second-order valence-electron chi connectivity index (χ2n) is 25.5. The summed E-state index contributed by atoms with van der Waals surface area (Å²) in [6, 6.07) is 0. The molecule has 0 aliphatic heterocycles. The molecule has 0 aromatic rings. The zero-order chi connectivity index (χ0) is 63.2. The fourth-order valence-electron chi connectivity index (χ4n) is 9.75. The molecule has 0 aromatic heterocycles. The van der Waals surface area contributed by atoms with Gasteiger partial charge in [-0.15, -0.1) is 0 Å². The fourth-order valence-corrected chi connectivity index (χ4v) is 11.3. The van der Waals surface area contributed by atoms with E-state index in [1.54, 1.807) is 0 Å². The van der Waals surface area contributed by atoms with Crippen molar-refractivity contribution in [1.29, 1.82) is 0 Å². The molecule has 0 amide bonds. The molecule has 0 radical (unpaired) electrons. The number of rotatable bonds is 63. The number of ether oxygens (including phenoxy) is 4. The molecule has 504 valence electrons. The highest BCUT2D eigenvalue weighted by molar-refractivity contribution is 7.47. The number of aliphatic hydroxyl groups excluding tert-OH is 1. The summed E-state index contributed by atoms with van der Waals surface area (Å²) >= 11 is 0. The third-order valence-corrected chi connectivity index (χ3v) is 17.3. The van der Waals surface area contributed by atoms with Gasteiger partial charge in [0.25, 0.3) is 0 Å². The van der Waals surface area contributed by atoms with Gasteiger partial charge in [-0.05, 0) is 49.4 Å². The molecule has 3 N–H and O–H groups in total. The normalized spacial score (nSPS) is 14.7. The van der Waals surface area contributed by atoms with Crippen molar-refractivity contribution in [2.24, 2.45) is 23.7 Å². The summed E-state index contributed by atoms with van der Waals surface area (Å²) in [7, 11) is -9.89. The number of hydrogen-bond donors (Lipinski definition) is 3. The van der Waals surface area contributed by atoms with Gasteiger partial charge in [0.2, 0.25) is 0 Å². The Hall–Kier alpha value is -1.94. The fraction of sp³-hybridized carbons (Fsp3) is 0.939. The highest BCUT2D eigenvalue weighted by Crippen LogP contribution is 2.45. The Morgan fingerprint density at radius 1 is 0.329 bits per heavy atom. The van der Waals surface area contributed by atoms with E-state index in [1.807, 2.05) is 0 Å². The maximum Gasteiger partial charge on any atom is 0.472 e. The van der Waals surface area contributed by atoms with Crippen LogP contribution in [-0.4, -0.2) is 96.7 Å². The zero-order valence-electron chi connectivity index (χ0n) is 55.2. The van der Waals surface area contributed by atoms with Crippen LogP contribution >= 0.6 is 15.6 Å². The third-order valence-electron chi connectivity index (χ3n) is 15.4. The van der Waals surface area contributed by atoms with Gasteiger partial charge < -0.3 is 33.8 Å². The monoisotopic (exact) mass is 1250 g/mol. The van der Waals surface area contributed by atoms with E-state index < -0.39 is 97.5 Å². The Morgan fingerprint density at radius 3 is 0.835 bits per heavy atom. The topological polar surface area (TPSA) is 237 Å². The van der Waals surface area contributed by atoms with Crippen molar-refractivity contribution in [2.45, 2.75) is 337 Å². The molecule has 0 spiro atoms. The van der Waals surface area contributed by atoms with E-state index in [9.17, 15) is 43.2 Å². The quantitative estimate of drug-likeness (QED) is 0.0222. The molecule has 0 aliphatic carbocycles. The van der Waals surface area contributed by atoms with Crippen LogP contribution in [0, 0.1) is 23.7 Å². The number of hydrogen-bond acceptors (Lipinski definition) is 15. The van der Waals surface area contributed by atoms with Gasteiger partial charge in [0.15, 0.2) is 12.2 Å². The molecule has 17 nitrogen and oxygen atoms in total. The molecule has 0 saturated heterocycles. The van der Waals surface area contributed by atoms with Crippen molar-refractivity contribution in [3.63, 3.8) is 0 Å². The molecule has 0 aliphatic rings. The SMILES string of the molecule is CCC(C)CCCCCCCCCCCCC(=O)O[C@H](COC(=O)CCCCCCCCCCC(C)C)COP(=O)(O)OCC(O)COP(=O)(O)OC[C@@H](COC(=O)CCCCCCCCCC(C)C)OC(=O)CCCCCCCCCC(C)C. The zero-order valence-corrected chi connectivity index (χ0v) is 57.0. The summed E-state index contributed by atoms with van der Waals surface area (Å²) in [6.07, 6.45) is 36.3. The van der Waals surface area contributed by atoms with Gasteiger partial charge in [-0.25, -0.2) is 9.13 Å². The second-order valence-corrected chi connectivity index (χ2v) is 28.4. The molecule has 0 aromatic carbocycles. The minimum Gasteiger partial charge on any atom is -0.462 e. The number of esters is 4. The Kier molecular flexibility index (Phi) is 54.8. The van der Waals surface area contributed by atoms with Crippen LogP contribution in [0.3, 0.4) is 0 Å². The van der Waals surface area contributed by atoms with Crippen LogP contribution in [0.5, 0.6) is 0 Å². The lowest BCUT2D eigenvalue weighted by Gasteiger charge is -2.21. The average Bonchev–Trinajstić information content (AvgIpc) is 3.54. The molecule has 85 heavy (non-hydrogen) atoms. The minimum atomic E-state index is -4.95. The number of unbranched alkanes of at least 4 members (excludes halogenated alkanes) is 28. The van der Waals surface area contributed by atoms with Crippen LogP contribution in [0.25, 0.3) is 0 Å². The first-order valence-electron chi connectivity index (χ1n) is 34.2. The van der Waals surface area contributed by atoms with Gasteiger partial charge in [-0.3, -0.25) is 37.3 Å². The van der Waals surface area contributed by atoms with E-state index in [0.29, 0.717) is 37.5 Å². The molecular weight excluding hydrogens is 1130 g/mol. The van der Waals surface area contributed by atoms with E-state index in [-0.39, 0.29) is 25.7 Å². The maximum absolute atomic E-state index is 13.0. The first kappa shape index (κ1) is 83.1. The molecule has 0 fully saturated rings. The van der Waals surface area contributed by atoms with E-state index in [0.717, 1.165) is 108 Å². The first-order valence-corrected chi connectivity index (χ1v) is 37.2. The lowest BCUT2D eigenvalue weighted by atomic mass is 9.99. The second kappa shape index (κ2) is 56.1. The first-order chi connectivity index (χ1) is 40.6. The predicted molar refractivity (Wildman–Crippen MR) is 340 cm³/mol. The molecule has 0 rings (SSSR count). The Bertz CT molecular complexity index is 1700. The Labute approximate surface area is 517 Å². The standard InChI is InChI=1S/C66H128O17P2/c1-9-59(8)45-37-29-21-12-10-11-13-23-32-40-48-65(70)82-61(52-76-63(68)46-38-30-22-15-14-18-26-34-42-56(2)3)54-80-84(72,73)78-50-60(67)51-79-85(74,75)81-55-62(83-66(71)49-41-33-25-17-20-28-36-44-58(6)7)53-77-64(69)47-39-31-24-16-19-27-35-43-57(4)5/h56-62,67H,9-55H2,1-8H3,(H,72,73)(H,74,75)/t59?,60?,61-,62-/m1/s1. The van der Waals surface area contributed by atoms with Gasteiger partial charge in [-0.1, -0.05) is 267 Å². The highest BCUT2D eigenvalue weighted by Gasteiger charge is 2.30. The van der Waals surface area contributed by atoms with Crippen LogP contribution in [-0.2, 0) is 65.4 Å². The van der Waals surface area contributed by atoms with Crippen molar-refractivity contribution in [1.82, 2.24) is 0 Å². The largest absolute Gasteiger partial charge is 0.472 e. The summed E-state index contributed by atoms with van der Waals surface area (Å²) in [5.41, 5.74) is 0. The van der Waals surface area contributed by atoms with E-state index in [1.165, 1.54) is 116 Å². The predicted octanol–water partition coefficient (Wildman–Crippen LogP) is 18.1. The maximum atomic E-state index is 13.0. The van der Waals surface area contributed by atoms with E-state index in [4.69, 9.17) is 37.0 Å². The number of phosphoric acid groups is 2. The average molecular weight is 1260 g/mol. The van der Waals surface area contributed by atoms with Crippen LogP contribution < -0.4 is 0 Å². The van der Waals surface area contributed by atoms with Crippen molar-refractivity contribution < 1.29 is 80.2 Å². The van der Waals surface area contributed by atoms with Crippen molar-refractivity contribution in [3.05, 3.63) is 0 Å². The van der Waals surface area contributed by atoms with Gasteiger partial charge in [0, 0.05) is 25.7 Å². The minimum absolute atomic E-state index is 0.102. The number of carbonyl (C=O) groups is 4. The van der Waals surface area contributed by atoms with Gasteiger partial charge in [0.1, 0.15) is 19.3 Å².